The Morgan fingerprint density at radius 1 is 0.867 bits per heavy atom. The van der Waals surface area contributed by atoms with E-state index in [2.05, 4.69) is 35.6 Å². The quantitative estimate of drug-likeness (QED) is 0.449. The van der Waals surface area contributed by atoms with Crippen molar-refractivity contribution in [3.8, 4) is 28.6 Å². The number of hydrogen-bond donors (Lipinski definition) is 0. The summed E-state index contributed by atoms with van der Waals surface area (Å²) in [6, 6.07) is 15.9. The predicted molar refractivity (Wildman–Crippen MR) is 116 cm³/mol. The van der Waals surface area contributed by atoms with Gasteiger partial charge >= 0.3 is 0 Å². The molecule has 7 heteroatoms. The van der Waals surface area contributed by atoms with E-state index in [0.29, 0.717) is 17.3 Å². The van der Waals surface area contributed by atoms with Crippen LogP contribution in [0.25, 0.3) is 33.8 Å². The Labute approximate surface area is 173 Å². The molecule has 5 rings (SSSR count). The maximum atomic E-state index is 5.43. The SMILES string of the molecule is COc1ccc(-c2nc3c4c(C)c(C)n(-c5ccccc5)c4ncn3n2)cc1OC. The zero-order chi connectivity index (χ0) is 20.8. The van der Waals surface area contributed by atoms with Gasteiger partial charge in [-0.3, -0.25) is 4.57 Å². The number of aromatic nitrogens is 5. The van der Waals surface area contributed by atoms with Crippen LogP contribution in [0.3, 0.4) is 0 Å². The van der Waals surface area contributed by atoms with Crippen molar-refractivity contribution in [1.82, 2.24) is 24.1 Å². The fraction of sp³-hybridized carbons (Fsp3) is 0.174. The Kier molecular flexibility index (Phi) is 4.17. The average molecular weight is 399 g/mol. The van der Waals surface area contributed by atoms with Crippen molar-refractivity contribution in [1.29, 1.82) is 0 Å². The van der Waals surface area contributed by atoms with Gasteiger partial charge in [0.1, 0.15) is 6.33 Å². The molecule has 3 heterocycles. The Hall–Kier alpha value is -3.87. The number of para-hydroxylation sites is 1. The minimum Gasteiger partial charge on any atom is -0.493 e. The molecule has 3 aromatic heterocycles. The predicted octanol–water partition coefficient (Wildman–Crippen LogP) is 4.37. The van der Waals surface area contributed by atoms with Crippen molar-refractivity contribution in [2.45, 2.75) is 13.8 Å². The summed E-state index contributed by atoms with van der Waals surface area (Å²) < 4.78 is 14.7. The Morgan fingerprint density at radius 3 is 2.37 bits per heavy atom. The summed E-state index contributed by atoms with van der Waals surface area (Å²) in [6.07, 6.45) is 1.72. The molecule has 0 N–H and O–H groups in total. The molecule has 150 valence electrons. The van der Waals surface area contributed by atoms with Gasteiger partial charge in [0.15, 0.2) is 28.6 Å². The maximum Gasteiger partial charge on any atom is 0.182 e. The van der Waals surface area contributed by atoms with Crippen molar-refractivity contribution >= 4 is 16.7 Å². The van der Waals surface area contributed by atoms with Gasteiger partial charge in [0, 0.05) is 16.9 Å². The molecule has 0 aliphatic heterocycles. The molecule has 0 spiro atoms. The van der Waals surface area contributed by atoms with Crippen LogP contribution in [0.4, 0.5) is 0 Å². The van der Waals surface area contributed by atoms with E-state index in [1.54, 1.807) is 25.1 Å². The standard InChI is InChI=1S/C23H21N5O2/c1-14-15(2)28(17-8-6-5-7-9-17)22-20(14)23-25-21(26-27(23)13-24-22)16-10-11-18(29-3)19(12-16)30-4/h5-13H,1-4H3. The van der Waals surface area contributed by atoms with E-state index in [1.807, 2.05) is 36.4 Å². The van der Waals surface area contributed by atoms with Gasteiger partial charge in [-0.2, -0.15) is 0 Å². The van der Waals surface area contributed by atoms with Crippen LogP contribution < -0.4 is 9.47 Å². The zero-order valence-corrected chi connectivity index (χ0v) is 17.2. The molecule has 0 saturated heterocycles. The summed E-state index contributed by atoms with van der Waals surface area (Å²) in [7, 11) is 3.23. The highest BCUT2D eigenvalue weighted by Crippen LogP contribution is 2.33. The molecule has 2 aromatic carbocycles. The fourth-order valence-electron chi connectivity index (χ4n) is 3.85. The van der Waals surface area contributed by atoms with Crippen LogP contribution in [-0.4, -0.2) is 38.4 Å². The second-order valence-electron chi connectivity index (χ2n) is 7.10. The molecule has 0 bridgehead atoms. The second kappa shape index (κ2) is 6.88. The van der Waals surface area contributed by atoms with E-state index >= 15 is 0 Å². The first kappa shape index (κ1) is 18.2. The van der Waals surface area contributed by atoms with E-state index in [9.17, 15) is 0 Å². The summed E-state index contributed by atoms with van der Waals surface area (Å²) in [6.45, 7) is 4.20. The number of benzene rings is 2. The monoisotopic (exact) mass is 399 g/mol. The summed E-state index contributed by atoms with van der Waals surface area (Å²) in [4.78, 5) is 9.57. The summed E-state index contributed by atoms with van der Waals surface area (Å²) in [5.74, 6) is 1.91. The van der Waals surface area contributed by atoms with Crippen molar-refractivity contribution in [2.75, 3.05) is 14.2 Å². The number of hydrogen-bond acceptors (Lipinski definition) is 5. The van der Waals surface area contributed by atoms with Crippen LogP contribution in [0.15, 0.2) is 54.9 Å². The van der Waals surface area contributed by atoms with Crippen LogP contribution >= 0.6 is 0 Å². The topological polar surface area (TPSA) is 66.5 Å². The minimum atomic E-state index is 0.606. The van der Waals surface area contributed by atoms with Gasteiger partial charge in [-0.15, -0.1) is 5.10 Å². The number of methoxy groups -OCH3 is 2. The number of aryl methyl sites for hydroxylation is 1. The largest absolute Gasteiger partial charge is 0.493 e. The first-order valence-corrected chi connectivity index (χ1v) is 9.63. The van der Waals surface area contributed by atoms with Crippen LogP contribution in [0.2, 0.25) is 0 Å². The lowest BCUT2D eigenvalue weighted by Gasteiger charge is -2.07. The smallest absolute Gasteiger partial charge is 0.182 e. The van der Waals surface area contributed by atoms with Gasteiger partial charge in [-0.05, 0) is 49.7 Å². The van der Waals surface area contributed by atoms with E-state index in [4.69, 9.17) is 19.4 Å². The first-order valence-electron chi connectivity index (χ1n) is 9.63. The Bertz CT molecular complexity index is 1390. The zero-order valence-electron chi connectivity index (χ0n) is 17.2. The fourth-order valence-corrected chi connectivity index (χ4v) is 3.85. The molecule has 0 radical (unpaired) electrons. The van der Waals surface area contributed by atoms with Crippen molar-refractivity contribution in [3.05, 3.63) is 66.1 Å². The van der Waals surface area contributed by atoms with Gasteiger partial charge in [-0.25, -0.2) is 14.5 Å². The molecule has 0 aliphatic carbocycles. The van der Waals surface area contributed by atoms with Crippen molar-refractivity contribution in [2.24, 2.45) is 0 Å². The lowest BCUT2D eigenvalue weighted by Crippen LogP contribution is -1.98. The van der Waals surface area contributed by atoms with E-state index in [0.717, 1.165) is 39.2 Å². The maximum absolute atomic E-state index is 5.43. The van der Waals surface area contributed by atoms with Crippen LogP contribution in [0.1, 0.15) is 11.3 Å². The highest BCUT2D eigenvalue weighted by Gasteiger charge is 2.19. The molecule has 7 nitrogen and oxygen atoms in total. The van der Waals surface area contributed by atoms with Gasteiger partial charge in [0.05, 0.1) is 19.6 Å². The van der Waals surface area contributed by atoms with E-state index < -0.39 is 0 Å². The molecule has 5 aromatic rings. The highest BCUT2D eigenvalue weighted by atomic mass is 16.5. The van der Waals surface area contributed by atoms with Crippen molar-refractivity contribution < 1.29 is 9.47 Å². The summed E-state index contributed by atoms with van der Waals surface area (Å²) >= 11 is 0. The van der Waals surface area contributed by atoms with Crippen LogP contribution in [-0.2, 0) is 0 Å². The van der Waals surface area contributed by atoms with Crippen molar-refractivity contribution in [3.63, 3.8) is 0 Å². The highest BCUT2D eigenvalue weighted by molar-refractivity contribution is 5.95. The van der Waals surface area contributed by atoms with E-state index in [-0.39, 0.29) is 0 Å². The summed E-state index contributed by atoms with van der Waals surface area (Å²) in [5, 5.41) is 5.65. The normalized spacial score (nSPS) is 11.3. The molecule has 0 amide bonds. The van der Waals surface area contributed by atoms with Gasteiger partial charge < -0.3 is 9.47 Å². The number of ether oxygens (including phenoxy) is 2. The number of fused-ring (bicyclic) bond motifs is 3. The molecule has 0 aliphatic rings. The Balaban J connectivity index is 1.74. The third-order valence-corrected chi connectivity index (χ3v) is 5.49. The number of nitrogens with zero attached hydrogens (tertiary/aromatic N) is 5. The first-order chi connectivity index (χ1) is 14.6. The second-order valence-corrected chi connectivity index (χ2v) is 7.10. The van der Waals surface area contributed by atoms with E-state index in [1.165, 1.54) is 0 Å². The minimum absolute atomic E-state index is 0.606. The van der Waals surface area contributed by atoms with Gasteiger partial charge in [0.25, 0.3) is 0 Å². The average Bonchev–Trinajstić information content (AvgIpc) is 3.33. The third kappa shape index (κ3) is 2.62. The Morgan fingerprint density at radius 2 is 1.63 bits per heavy atom. The lowest BCUT2D eigenvalue weighted by atomic mass is 10.2. The molecular weight excluding hydrogens is 378 g/mol. The summed E-state index contributed by atoms with van der Waals surface area (Å²) in [5.41, 5.74) is 5.84. The molecule has 0 fully saturated rings. The molecule has 0 atom stereocenters. The number of rotatable bonds is 4. The van der Waals surface area contributed by atoms with Crippen LogP contribution in [0, 0.1) is 13.8 Å². The molecular formula is C23H21N5O2. The molecule has 30 heavy (non-hydrogen) atoms. The van der Waals surface area contributed by atoms with Crippen LogP contribution in [0.5, 0.6) is 11.5 Å². The molecule has 0 unspecified atom stereocenters. The third-order valence-electron chi connectivity index (χ3n) is 5.49. The van der Waals surface area contributed by atoms with Gasteiger partial charge in [-0.1, -0.05) is 18.2 Å². The van der Waals surface area contributed by atoms with Gasteiger partial charge in [0.2, 0.25) is 0 Å². The molecule has 0 saturated carbocycles. The lowest BCUT2D eigenvalue weighted by molar-refractivity contribution is 0.355.